The quantitative estimate of drug-likeness (QED) is 0.886. The molecule has 0 spiro atoms. The van der Waals surface area contributed by atoms with Crippen LogP contribution in [0, 0.1) is 0 Å². The lowest BCUT2D eigenvalue weighted by atomic mass is 9.79. The average Bonchev–Trinajstić information content (AvgIpc) is 2.40. The summed E-state index contributed by atoms with van der Waals surface area (Å²) in [5.74, 6) is 0.832. The minimum atomic E-state index is 0.135. The Hall–Kier alpha value is -1.90. The number of aromatic nitrogens is 2. The molecule has 0 aliphatic rings. The summed E-state index contributed by atoms with van der Waals surface area (Å²) in [5, 5.41) is 3.39. The van der Waals surface area contributed by atoms with E-state index in [0.717, 1.165) is 12.2 Å². The van der Waals surface area contributed by atoms with Crippen molar-refractivity contribution in [1.29, 1.82) is 0 Å². The number of hydrogen-bond acceptors (Lipinski definition) is 3. The summed E-state index contributed by atoms with van der Waals surface area (Å²) in [6.07, 6.45) is 6.18. The van der Waals surface area contributed by atoms with Gasteiger partial charge >= 0.3 is 0 Å². The summed E-state index contributed by atoms with van der Waals surface area (Å²) in [4.78, 5) is 8.32. The van der Waals surface area contributed by atoms with Crippen LogP contribution in [0.25, 0.3) is 0 Å². The van der Waals surface area contributed by atoms with Crippen LogP contribution in [0.4, 0.5) is 5.82 Å². The van der Waals surface area contributed by atoms with Crippen molar-refractivity contribution in [1.82, 2.24) is 9.97 Å². The summed E-state index contributed by atoms with van der Waals surface area (Å²) in [6, 6.07) is 11.0. The molecule has 1 unspecified atom stereocenters. The van der Waals surface area contributed by atoms with E-state index in [4.69, 9.17) is 0 Å². The molecule has 1 atom stereocenters. The van der Waals surface area contributed by atoms with Gasteiger partial charge in [-0.15, -0.1) is 0 Å². The van der Waals surface area contributed by atoms with Crippen LogP contribution in [-0.2, 0) is 5.41 Å². The van der Waals surface area contributed by atoms with Crippen molar-refractivity contribution in [2.75, 3.05) is 5.32 Å². The topological polar surface area (TPSA) is 37.8 Å². The number of anilines is 1. The Morgan fingerprint density at radius 2 is 1.89 bits per heavy atom. The minimum absolute atomic E-state index is 0.135. The standard InChI is InChI=1S/C16H21N3/c1-13(19-15-12-17-9-10-18-15)11-16(2,3)14-7-5-4-6-8-14/h4-10,12-13H,11H2,1-3H3,(H,18,19). The molecule has 1 aromatic heterocycles. The number of rotatable bonds is 5. The fourth-order valence-electron chi connectivity index (χ4n) is 2.45. The smallest absolute Gasteiger partial charge is 0.144 e. The van der Waals surface area contributed by atoms with Crippen LogP contribution in [0.2, 0.25) is 0 Å². The van der Waals surface area contributed by atoms with Gasteiger partial charge in [-0.25, -0.2) is 4.98 Å². The van der Waals surface area contributed by atoms with Crippen LogP contribution in [-0.4, -0.2) is 16.0 Å². The van der Waals surface area contributed by atoms with Gasteiger partial charge in [0.1, 0.15) is 5.82 Å². The number of hydrogen-bond donors (Lipinski definition) is 1. The molecule has 0 aliphatic heterocycles. The van der Waals surface area contributed by atoms with Gasteiger partial charge in [0.15, 0.2) is 0 Å². The molecule has 0 saturated carbocycles. The maximum atomic E-state index is 4.25. The minimum Gasteiger partial charge on any atom is -0.366 e. The van der Waals surface area contributed by atoms with E-state index in [9.17, 15) is 0 Å². The van der Waals surface area contributed by atoms with Gasteiger partial charge in [-0.3, -0.25) is 4.98 Å². The third-order valence-electron chi connectivity index (χ3n) is 3.33. The number of nitrogens with zero attached hydrogens (tertiary/aromatic N) is 2. The van der Waals surface area contributed by atoms with Gasteiger partial charge in [0.05, 0.1) is 6.20 Å². The van der Waals surface area contributed by atoms with E-state index in [1.165, 1.54) is 5.56 Å². The van der Waals surface area contributed by atoms with Crippen molar-refractivity contribution in [2.24, 2.45) is 0 Å². The summed E-state index contributed by atoms with van der Waals surface area (Å²) in [7, 11) is 0. The molecule has 0 fully saturated rings. The predicted octanol–water partition coefficient (Wildman–Crippen LogP) is 3.64. The van der Waals surface area contributed by atoms with E-state index in [1.807, 2.05) is 0 Å². The molecule has 3 heteroatoms. The van der Waals surface area contributed by atoms with Gasteiger partial charge in [-0.1, -0.05) is 44.2 Å². The zero-order chi connectivity index (χ0) is 13.7. The Labute approximate surface area is 115 Å². The highest BCUT2D eigenvalue weighted by Crippen LogP contribution is 2.28. The van der Waals surface area contributed by atoms with Crippen molar-refractivity contribution in [3.63, 3.8) is 0 Å². The predicted molar refractivity (Wildman–Crippen MR) is 79.2 cm³/mol. The SMILES string of the molecule is CC(CC(C)(C)c1ccccc1)Nc1cnccn1. The Balaban J connectivity index is 2.00. The Kier molecular flexibility index (Phi) is 4.15. The summed E-state index contributed by atoms with van der Waals surface area (Å²) in [6.45, 7) is 6.73. The molecular weight excluding hydrogens is 234 g/mol. The lowest BCUT2D eigenvalue weighted by Gasteiger charge is -2.29. The van der Waals surface area contributed by atoms with Crippen molar-refractivity contribution in [2.45, 2.75) is 38.6 Å². The number of nitrogens with one attached hydrogen (secondary N) is 1. The van der Waals surface area contributed by atoms with Gasteiger partial charge in [-0.05, 0) is 24.3 Å². The first-order valence-corrected chi connectivity index (χ1v) is 6.66. The third-order valence-corrected chi connectivity index (χ3v) is 3.33. The molecule has 3 nitrogen and oxygen atoms in total. The Morgan fingerprint density at radius 1 is 1.16 bits per heavy atom. The Bertz CT molecular complexity index is 494. The molecule has 0 radical (unpaired) electrons. The molecule has 1 heterocycles. The molecule has 0 amide bonds. The van der Waals surface area contributed by atoms with Gasteiger partial charge in [-0.2, -0.15) is 0 Å². The van der Waals surface area contributed by atoms with E-state index in [-0.39, 0.29) is 5.41 Å². The molecular formula is C16H21N3. The van der Waals surface area contributed by atoms with Gasteiger partial charge in [0.2, 0.25) is 0 Å². The largest absolute Gasteiger partial charge is 0.366 e. The normalized spacial score (nSPS) is 13.0. The molecule has 1 N–H and O–H groups in total. The lowest BCUT2D eigenvalue weighted by Crippen LogP contribution is -2.28. The maximum absolute atomic E-state index is 4.25. The van der Waals surface area contributed by atoms with Crippen LogP contribution < -0.4 is 5.32 Å². The van der Waals surface area contributed by atoms with E-state index in [2.05, 4.69) is 66.4 Å². The van der Waals surface area contributed by atoms with Gasteiger partial charge < -0.3 is 5.32 Å². The third kappa shape index (κ3) is 3.78. The average molecular weight is 255 g/mol. The monoisotopic (exact) mass is 255 g/mol. The van der Waals surface area contributed by atoms with Crippen LogP contribution in [0.3, 0.4) is 0 Å². The van der Waals surface area contributed by atoms with Crippen LogP contribution >= 0.6 is 0 Å². The van der Waals surface area contributed by atoms with Gasteiger partial charge in [0.25, 0.3) is 0 Å². The Morgan fingerprint density at radius 3 is 2.53 bits per heavy atom. The van der Waals surface area contributed by atoms with Crippen LogP contribution in [0.5, 0.6) is 0 Å². The van der Waals surface area contributed by atoms with E-state index < -0.39 is 0 Å². The zero-order valence-corrected chi connectivity index (χ0v) is 11.8. The second-order valence-electron chi connectivity index (χ2n) is 5.59. The van der Waals surface area contributed by atoms with E-state index in [1.54, 1.807) is 18.6 Å². The summed E-state index contributed by atoms with van der Waals surface area (Å²) >= 11 is 0. The summed E-state index contributed by atoms with van der Waals surface area (Å²) in [5.41, 5.74) is 1.50. The number of benzene rings is 1. The van der Waals surface area contributed by atoms with Crippen molar-refractivity contribution >= 4 is 5.82 Å². The van der Waals surface area contributed by atoms with E-state index in [0.29, 0.717) is 6.04 Å². The van der Waals surface area contributed by atoms with Gasteiger partial charge in [0, 0.05) is 18.4 Å². The second kappa shape index (κ2) is 5.83. The highest BCUT2D eigenvalue weighted by Gasteiger charge is 2.23. The zero-order valence-electron chi connectivity index (χ0n) is 11.8. The van der Waals surface area contributed by atoms with Crippen molar-refractivity contribution < 1.29 is 0 Å². The first-order chi connectivity index (χ1) is 9.08. The lowest BCUT2D eigenvalue weighted by molar-refractivity contribution is 0.450. The maximum Gasteiger partial charge on any atom is 0.144 e. The van der Waals surface area contributed by atoms with E-state index >= 15 is 0 Å². The van der Waals surface area contributed by atoms with Crippen molar-refractivity contribution in [3.05, 3.63) is 54.5 Å². The molecule has 2 aromatic rings. The molecule has 1 aromatic carbocycles. The van der Waals surface area contributed by atoms with Crippen LogP contribution in [0.15, 0.2) is 48.9 Å². The second-order valence-corrected chi connectivity index (χ2v) is 5.59. The van der Waals surface area contributed by atoms with Crippen molar-refractivity contribution in [3.8, 4) is 0 Å². The molecule has 100 valence electrons. The first kappa shape index (κ1) is 13.5. The fourth-order valence-corrected chi connectivity index (χ4v) is 2.45. The molecule has 2 rings (SSSR count). The molecule has 0 saturated heterocycles. The van der Waals surface area contributed by atoms with Crippen LogP contribution in [0.1, 0.15) is 32.8 Å². The molecule has 19 heavy (non-hydrogen) atoms. The first-order valence-electron chi connectivity index (χ1n) is 6.66. The highest BCUT2D eigenvalue weighted by atomic mass is 15.0. The highest BCUT2D eigenvalue weighted by molar-refractivity contribution is 5.32. The molecule has 0 bridgehead atoms. The molecule has 0 aliphatic carbocycles. The fraction of sp³-hybridized carbons (Fsp3) is 0.375. The summed E-state index contributed by atoms with van der Waals surface area (Å²) < 4.78 is 0.